The van der Waals surface area contributed by atoms with Gasteiger partial charge >= 0.3 is 0 Å². The molecule has 0 unspecified atom stereocenters. The van der Waals surface area contributed by atoms with Crippen molar-refractivity contribution in [2.75, 3.05) is 5.43 Å². The van der Waals surface area contributed by atoms with Crippen LogP contribution in [0.5, 0.6) is 0 Å². The van der Waals surface area contributed by atoms with Crippen molar-refractivity contribution in [1.82, 2.24) is 9.97 Å². The van der Waals surface area contributed by atoms with Gasteiger partial charge in [-0.25, -0.2) is 15.4 Å². The Balaban J connectivity index is 2.24. The Hall–Kier alpha value is -2.23. The molecule has 0 radical (unpaired) electrons. The minimum atomic E-state index is 0.552. The second kappa shape index (κ2) is 6.69. The van der Waals surface area contributed by atoms with Crippen LogP contribution in [0, 0.1) is 27.7 Å². The van der Waals surface area contributed by atoms with Crippen molar-refractivity contribution in [2.45, 2.75) is 48.0 Å². The molecular weight excluding hydrogens is 272 g/mol. The van der Waals surface area contributed by atoms with Gasteiger partial charge < -0.3 is 0 Å². The van der Waals surface area contributed by atoms with E-state index in [0.29, 0.717) is 5.95 Å². The van der Waals surface area contributed by atoms with E-state index in [-0.39, 0.29) is 0 Å². The molecule has 1 N–H and O–H groups in total. The topological polar surface area (TPSA) is 50.2 Å². The molecule has 1 heterocycles. The van der Waals surface area contributed by atoms with Crippen molar-refractivity contribution < 1.29 is 0 Å². The molecule has 0 saturated carbocycles. The average molecular weight is 296 g/mol. The highest BCUT2D eigenvalue weighted by molar-refractivity contribution is 6.00. The van der Waals surface area contributed by atoms with Gasteiger partial charge in [0, 0.05) is 17.0 Å². The van der Waals surface area contributed by atoms with E-state index in [1.807, 2.05) is 20.8 Å². The normalized spacial score (nSPS) is 11.6. The summed E-state index contributed by atoms with van der Waals surface area (Å²) in [5.74, 6) is 0.552. The smallest absolute Gasteiger partial charge is 0.243 e. The van der Waals surface area contributed by atoms with Crippen LogP contribution in [0.2, 0.25) is 0 Å². The zero-order chi connectivity index (χ0) is 16.3. The van der Waals surface area contributed by atoms with E-state index < -0.39 is 0 Å². The van der Waals surface area contributed by atoms with Crippen LogP contribution in [0.1, 0.15) is 47.5 Å². The van der Waals surface area contributed by atoms with Crippen LogP contribution >= 0.6 is 0 Å². The highest BCUT2D eigenvalue weighted by Gasteiger charge is 2.07. The fourth-order valence-corrected chi connectivity index (χ4v) is 2.71. The summed E-state index contributed by atoms with van der Waals surface area (Å²) in [6.45, 7) is 12.3. The lowest BCUT2D eigenvalue weighted by Crippen LogP contribution is -2.07. The van der Waals surface area contributed by atoms with E-state index in [1.165, 1.54) is 16.7 Å². The molecule has 1 aromatic carbocycles. The standard InChI is InChI=1S/C18H24N4/c1-7-16-13(4)19-18(20-14(16)5)22-21-15(6)17-9-8-11(2)10-12(17)3/h8-10H,7H2,1-6H3,(H,19,20,22)/b21-15-. The predicted octanol–water partition coefficient (Wildman–Crippen LogP) is 4.11. The van der Waals surface area contributed by atoms with Crippen molar-refractivity contribution in [3.05, 3.63) is 51.8 Å². The average Bonchev–Trinajstić information content (AvgIpc) is 2.44. The highest BCUT2D eigenvalue weighted by atomic mass is 15.4. The zero-order valence-corrected chi connectivity index (χ0v) is 14.3. The first-order chi connectivity index (χ1) is 10.4. The number of aromatic nitrogens is 2. The van der Waals surface area contributed by atoms with E-state index in [4.69, 9.17) is 0 Å². The summed E-state index contributed by atoms with van der Waals surface area (Å²) in [7, 11) is 0. The SMILES string of the molecule is CCc1c(C)nc(N/N=C(/C)c2ccc(C)cc2C)nc1C. The maximum absolute atomic E-state index is 4.48. The third kappa shape index (κ3) is 3.50. The van der Waals surface area contributed by atoms with Crippen LogP contribution in [-0.2, 0) is 6.42 Å². The molecule has 0 spiro atoms. The van der Waals surface area contributed by atoms with Gasteiger partial charge in [0.2, 0.25) is 5.95 Å². The molecule has 0 atom stereocenters. The quantitative estimate of drug-likeness (QED) is 0.682. The van der Waals surface area contributed by atoms with Crippen molar-refractivity contribution in [3.8, 4) is 0 Å². The number of aryl methyl sites for hydroxylation is 4. The Morgan fingerprint density at radius 2 is 1.73 bits per heavy atom. The maximum Gasteiger partial charge on any atom is 0.243 e. The third-order valence-electron chi connectivity index (χ3n) is 3.87. The highest BCUT2D eigenvalue weighted by Crippen LogP contribution is 2.14. The molecule has 22 heavy (non-hydrogen) atoms. The van der Waals surface area contributed by atoms with E-state index in [9.17, 15) is 0 Å². The fraction of sp³-hybridized carbons (Fsp3) is 0.389. The second-order valence-electron chi connectivity index (χ2n) is 5.68. The Labute approximate surface area is 132 Å². The van der Waals surface area contributed by atoms with Gasteiger partial charge in [0.1, 0.15) is 0 Å². The Kier molecular flexibility index (Phi) is 4.91. The Bertz CT molecular complexity index is 694. The van der Waals surface area contributed by atoms with Crippen LogP contribution in [0.3, 0.4) is 0 Å². The van der Waals surface area contributed by atoms with Crippen molar-refractivity contribution in [2.24, 2.45) is 5.10 Å². The van der Waals surface area contributed by atoms with Gasteiger partial charge in [0.25, 0.3) is 0 Å². The molecule has 0 aliphatic rings. The van der Waals surface area contributed by atoms with Gasteiger partial charge in [-0.05, 0) is 52.2 Å². The molecule has 0 bridgehead atoms. The van der Waals surface area contributed by atoms with Crippen LogP contribution in [0.25, 0.3) is 0 Å². The summed E-state index contributed by atoms with van der Waals surface area (Å²) in [5.41, 5.74) is 10.8. The maximum atomic E-state index is 4.48. The minimum Gasteiger partial charge on any atom is -0.245 e. The molecule has 0 aliphatic carbocycles. The summed E-state index contributed by atoms with van der Waals surface area (Å²) >= 11 is 0. The predicted molar refractivity (Wildman–Crippen MR) is 92.6 cm³/mol. The van der Waals surface area contributed by atoms with E-state index in [2.05, 4.69) is 59.5 Å². The third-order valence-corrected chi connectivity index (χ3v) is 3.87. The minimum absolute atomic E-state index is 0.552. The molecule has 0 fully saturated rings. The number of benzene rings is 1. The molecule has 116 valence electrons. The first-order valence-corrected chi connectivity index (χ1v) is 7.64. The van der Waals surface area contributed by atoms with Gasteiger partial charge in [-0.3, -0.25) is 0 Å². The van der Waals surface area contributed by atoms with Crippen LogP contribution in [0.4, 0.5) is 5.95 Å². The van der Waals surface area contributed by atoms with Gasteiger partial charge in [-0.15, -0.1) is 0 Å². The van der Waals surface area contributed by atoms with Gasteiger partial charge in [0.15, 0.2) is 0 Å². The van der Waals surface area contributed by atoms with Crippen LogP contribution in [-0.4, -0.2) is 15.7 Å². The fourth-order valence-electron chi connectivity index (χ4n) is 2.71. The van der Waals surface area contributed by atoms with Crippen LogP contribution < -0.4 is 5.43 Å². The summed E-state index contributed by atoms with van der Waals surface area (Å²) < 4.78 is 0. The number of nitrogens with zero attached hydrogens (tertiary/aromatic N) is 3. The summed E-state index contributed by atoms with van der Waals surface area (Å²) in [5, 5.41) is 4.43. The van der Waals surface area contributed by atoms with Crippen LogP contribution in [0.15, 0.2) is 23.3 Å². The molecule has 1 aromatic heterocycles. The zero-order valence-electron chi connectivity index (χ0n) is 14.3. The first-order valence-electron chi connectivity index (χ1n) is 7.64. The lowest BCUT2D eigenvalue weighted by molar-refractivity contribution is 0.950. The van der Waals surface area contributed by atoms with E-state index >= 15 is 0 Å². The lowest BCUT2D eigenvalue weighted by Gasteiger charge is -2.10. The monoisotopic (exact) mass is 296 g/mol. The van der Waals surface area contributed by atoms with Crippen molar-refractivity contribution in [1.29, 1.82) is 0 Å². The van der Waals surface area contributed by atoms with Gasteiger partial charge in [-0.2, -0.15) is 5.10 Å². The molecule has 4 nitrogen and oxygen atoms in total. The number of hydrazone groups is 1. The Morgan fingerprint density at radius 1 is 1.09 bits per heavy atom. The largest absolute Gasteiger partial charge is 0.245 e. The number of nitrogens with one attached hydrogen (secondary N) is 1. The van der Waals surface area contributed by atoms with Gasteiger partial charge in [-0.1, -0.05) is 30.7 Å². The van der Waals surface area contributed by atoms with E-state index in [0.717, 1.165) is 29.1 Å². The molecule has 2 rings (SSSR count). The second-order valence-corrected chi connectivity index (χ2v) is 5.68. The molecule has 4 heteroatoms. The van der Waals surface area contributed by atoms with Crippen molar-refractivity contribution in [3.63, 3.8) is 0 Å². The lowest BCUT2D eigenvalue weighted by atomic mass is 10.0. The molecule has 0 amide bonds. The molecule has 0 saturated heterocycles. The summed E-state index contributed by atoms with van der Waals surface area (Å²) in [4.78, 5) is 8.96. The molecule has 2 aromatic rings. The summed E-state index contributed by atoms with van der Waals surface area (Å²) in [6.07, 6.45) is 0.947. The summed E-state index contributed by atoms with van der Waals surface area (Å²) in [6, 6.07) is 6.36. The van der Waals surface area contributed by atoms with Gasteiger partial charge in [0.05, 0.1) is 5.71 Å². The van der Waals surface area contributed by atoms with E-state index in [1.54, 1.807) is 0 Å². The molecular formula is C18H24N4. The number of hydrogen-bond acceptors (Lipinski definition) is 4. The number of anilines is 1. The molecule has 0 aliphatic heterocycles. The number of hydrogen-bond donors (Lipinski definition) is 1. The first kappa shape index (κ1) is 16.1. The Morgan fingerprint density at radius 3 is 2.27 bits per heavy atom. The van der Waals surface area contributed by atoms with Crippen molar-refractivity contribution >= 4 is 11.7 Å². The number of rotatable bonds is 4.